The molecule has 3 aliphatic rings. The van der Waals surface area contributed by atoms with Gasteiger partial charge in [0, 0.05) is 10.2 Å². The Balaban J connectivity index is 1.91. The Morgan fingerprint density at radius 1 is 1.41 bits per heavy atom. The molecule has 5 atom stereocenters. The van der Waals surface area contributed by atoms with Crippen LogP contribution >= 0.6 is 43.5 Å². The summed E-state index contributed by atoms with van der Waals surface area (Å²) in [4.78, 5) is 0.255. The van der Waals surface area contributed by atoms with E-state index in [-0.39, 0.29) is 15.9 Å². The van der Waals surface area contributed by atoms with Crippen LogP contribution in [0.2, 0.25) is 0 Å². The van der Waals surface area contributed by atoms with Gasteiger partial charge in [-0.25, -0.2) is 0 Å². The average molecular weight is 385 g/mol. The number of alkyl halides is 2. The molecule has 0 amide bonds. The van der Waals surface area contributed by atoms with Crippen LogP contribution in [0.25, 0.3) is 0 Å². The summed E-state index contributed by atoms with van der Waals surface area (Å²) in [6, 6.07) is 0. The molecule has 4 heteroatoms. The van der Waals surface area contributed by atoms with Gasteiger partial charge in [-0.1, -0.05) is 31.9 Å². The molecular weight excluding hydrogens is 367 g/mol. The van der Waals surface area contributed by atoms with Gasteiger partial charge in [-0.3, -0.25) is 0 Å². The minimum absolute atomic E-state index is 0.0453. The maximum Gasteiger partial charge on any atom is 0.107 e. The second-order valence-electron chi connectivity index (χ2n) is 6.17. The summed E-state index contributed by atoms with van der Waals surface area (Å²) in [6.07, 6.45) is 6.94. The monoisotopic (exact) mass is 382 g/mol. The zero-order valence-electron chi connectivity index (χ0n) is 10.1. The molecule has 2 aliphatic carbocycles. The quantitative estimate of drug-likeness (QED) is 0.433. The highest BCUT2D eigenvalue weighted by atomic mass is 79.9. The van der Waals surface area contributed by atoms with Gasteiger partial charge >= 0.3 is 0 Å². The number of hydrogen-bond donors (Lipinski definition) is 0. The van der Waals surface area contributed by atoms with Crippen molar-refractivity contribution in [3.63, 3.8) is 0 Å². The Kier molecular flexibility index (Phi) is 2.85. The molecule has 1 heterocycles. The largest absolute Gasteiger partial charge is 0.361 e. The van der Waals surface area contributed by atoms with Crippen LogP contribution in [0.1, 0.15) is 39.5 Å². The van der Waals surface area contributed by atoms with E-state index in [0.29, 0.717) is 10.9 Å². The third-order valence-corrected chi connectivity index (χ3v) is 7.66. The van der Waals surface area contributed by atoms with Crippen molar-refractivity contribution in [3.05, 3.63) is 10.6 Å². The molecule has 17 heavy (non-hydrogen) atoms. The first kappa shape index (κ1) is 13.0. The summed E-state index contributed by atoms with van der Waals surface area (Å²) in [5.41, 5.74) is 0.303. The molecule has 0 aromatic heterocycles. The van der Waals surface area contributed by atoms with Crippen LogP contribution in [0.4, 0.5) is 0 Å². The molecule has 1 spiro atoms. The van der Waals surface area contributed by atoms with Gasteiger partial charge in [0.2, 0.25) is 0 Å². The van der Waals surface area contributed by atoms with E-state index >= 15 is 0 Å². The Morgan fingerprint density at radius 2 is 2.12 bits per heavy atom. The number of halogens is 3. The fourth-order valence-corrected chi connectivity index (χ4v) is 5.28. The highest BCUT2D eigenvalue weighted by Gasteiger charge is 2.68. The maximum atomic E-state index is 6.55. The van der Waals surface area contributed by atoms with E-state index in [9.17, 15) is 0 Å². The van der Waals surface area contributed by atoms with E-state index in [2.05, 4.69) is 51.8 Å². The smallest absolute Gasteiger partial charge is 0.107 e. The maximum absolute atomic E-state index is 6.55. The Hall–Kier alpha value is 0.950. The van der Waals surface area contributed by atoms with Crippen LogP contribution in [0, 0.1) is 5.41 Å². The van der Waals surface area contributed by atoms with Gasteiger partial charge in [0.25, 0.3) is 0 Å². The Bertz CT molecular complexity index is 395. The summed E-state index contributed by atoms with van der Waals surface area (Å²) in [6.45, 7) is 4.41. The second kappa shape index (κ2) is 3.74. The average Bonchev–Trinajstić information content (AvgIpc) is 2.86. The van der Waals surface area contributed by atoms with Crippen LogP contribution in [0.3, 0.4) is 0 Å². The molecule has 0 aromatic rings. The lowest BCUT2D eigenvalue weighted by atomic mass is 9.59. The van der Waals surface area contributed by atoms with Crippen molar-refractivity contribution in [3.8, 4) is 0 Å². The summed E-state index contributed by atoms with van der Waals surface area (Å²) < 4.78 is 7.28. The van der Waals surface area contributed by atoms with Gasteiger partial charge in [-0.2, -0.15) is 0 Å². The Labute approximate surface area is 125 Å². The fourth-order valence-electron chi connectivity index (χ4n) is 3.48. The van der Waals surface area contributed by atoms with E-state index in [1.165, 1.54) is 4.48 Å². The first-order valence-corrected chi connectivity index (χ1v) is 8.25. The van der Waals surface area contributed by atoms with Crippen LogP contribution in [-0.4, -0.2) is 21.4 Å². The van der Waals surface area contributed by atoms with Crippen LogP contribution in [0.5, 0.6) is 0 Å². The highest BCUT2D eigenvalue weighted by molar-refractivity contribution is 9.11. The van der Waals surface area contributed by atoms with Gasteiger partial charge < -0.3 is 4.74 Å². The molecule has 1 saturated heterocycles. The predicted octanol–water partition coefficient (Wildman–Crippen LogP) is 4.76. The molecule has 3 unspecified atom stereocenters. The molecule has 3 rings (SSSR count). The standard InChI is InChI=1S/C13H17Br2ClO/c1-11(16)3-4-13(7-9(11)15)6-8(14)5-10-12(13,2)17-10/h5,9-10H,3-4,6-7H2,1-2H3/t9?,10-,11?,12+,13?/m0/s1. The van der Waals surface area contributed by atoms with Crippen molar-refractivity contribution in [1.82, 2.24) is 0 Å². The first-order chi connectivity index (χ1) is 7.79. The molecular formula is C13H17Br2ClO. The van der Waals surface area contributed by atoms with Crippen molar-refractivity contribution in [2.24, 2.45) is 5.41 Å². The molecule has 1 aliphatic heterocycles. The number of epoxide rings is 1. The van der Waals surface area contributed by atoms with E-state index < -0.39 is 0 Å². The van der Waals surface area contributed by atoms with Gasteiger partial charge in [0.1, 0.15) is 11.7 Å². The fraction of sp³-hybridized carbons (Fsp3) is 0.846. The van der Waals surface area contributed by atoms with E-state index in [1.54, 1.807) is 0 Å². The third-order valence-electron chi connectivity index (χ3n) is 5.07. The van der Waals surface area contributed by atoms with E-state index in [4.69, 9.17) is 16.3 Å². The van der Waals surface area contributed by atoms with Crippen molar-refractivity contribution in [1.29, 1.82) is 0 Å². The zero-order valence-corrected chi connectivity index (χ0v) is 14.0. The molecule has 1 nitrogen and oxygen atoms in total. The van der Waals surface area contributed by atoms with Crippen molar-refractivity contribution >= 4 is 43.5 Å². The first-order valence-electron chi connectivity index (χ1n) is 6.16. The molecule has 0 aromatic carbocycles. The van der Waals surface area contributed by atoms with Crippen LogP contribution in [-0.2, 0) is 4.74 Å². The minimum Gasteiger partial charge on any atom is -0.361 e. The minimum atomic E-state index is -0.111. The number of hydrogen-bond acceptors (Lipinski definition) is 1. The van der Waals surface area contributed by atoms with Gasteiger partial charge in [0.15, 0.2) is 0 Å². The zero-order chi connectivity index (χ0) is 12.5. The normalized spacial score (nSPS) is 57.6. The number of fused-ring (bicyclic) bond motifs is 2. The Morgan fingerprint density at radius 3 is 2.76 bits per heavy atom. The molecule has 2 fully saturated rings. The van der Waals surface area contributed by atoms with Crippen LogP contribution < -0.4 is 0 Å². The lowest BCUT2D eigenvalue weighted by Crippen LogP contribution is -2.50. The summed E-state index contributed by atoms with van der Waals surface area (Å²) in [5.74, 6) is 0. The van der Waals surface area contributed by atoms with E-state index in [1.807, 2.05) is 0 Å². The van der Waals surface area contributed by atoms with Crippen LogP contribution in [0.15, 0.2) is 10.6 Å². The summed E-state index contributed by atoms with van der Waals surface area (Å²) >= 11 is 14.0. The molecule has 1 saturated carbocycles. The molecule has 0 bridgehead atoms. The topological polar surface area (TPSA) is 12.5 Å². The lowest BCUT2D eigenvalue weighted by molar-refractivity contribution is 0.0640. The number of allylic oxidation sites excluding steroid dienone is 1. The third kappa shape index (κ3) is 1.79. The van der Waals surface area contributed by atoms with Crippen molar-refractivity contribution in [2.45, 2.75) is 60.9 Å². The lowest BCUT2D eigenvalue weighted by Gasteiger charge is -2.49. The van der Waals surface area contributed by atoms with Crippen molar-refractivity contribution in [2.75, 3.05) is 0 Å². The van der Waals surface area contributed by atoms with Gasteiger partial charge in [-0.15, -0.1) is 11.6 Å². The molecule has 96 valence electrons. The number of rotatable bonds is 0. The molecule has 0 radical (unpaired) electrons. The highest BCUT2D eigenvalue weighted by Crippen LogP contribution is 2.65. The predicted molar refractivity (Wildman–Crippen MR) is 78.2 cm³/mol. The van der Waals surface area contributed by atoms with Crippen molar-refractivity contribution < 1.29 is 4.74 Å². The SMILES string of the molecule is CC1(Cl)CCC2(CC(Br)=C[C@@H]3O[C@]32C)CC1Br. The van der Waals surface area contributed by atoms with Gasteiger partial charge in [-0.05, 0) is 50.1 Å². The molecule has 0 N–H and O–H groups in total. The van der Waals surface area contributed by atoms with Gasteiger partial charge in [0.05, 0.1) is 4.87 Å². The number of ether oxygens (including phenoxy) is 1. The second-order valence-corrected chi connectivity index (χ2v) is 9.15. The van der Waals surface area contributed by atoms with E-state index in [0.717, 1.165) is 25.7 Å². The summed E-state index contributed by atoms with van der Waals surface area (Å²) in [5, 5.41) is 0. The summed E-state index contributed by atoms with van der Waals surface area (Å²) in [7, 11) is 0.